The second-order valence-electron chi connectivity index (χ2n) is 4.20. The summed E-state index contributed by atoms with van der Waals surface area (Å²) < 4.78 is 0. The Morgan fingerprint density at radius 2 is 1.89 bits per heavy atom. The van der Waals surface area contributed by atoms with Crippen LogP contribution < -0.4 is 0 Å². The molecule has 0 bridgehead atoms. The van der Waals surface area contributed by atoms with Crippen molar-refractivity contribution in [1.29, 1.82) is 5.26 Å². The Balaban J connectivity index is 2.20. The zero-order valence-electron chi connectivity index (χ0n) is 10.3. The Morgan fingerprint density at radius 1 is 1.11 bits per heavy atom. The highest BCUT2D eigenvalue weighted by molar-refractivity contribution is 7.99. The van der Waals surface area contributed by atoms with Gasteiger partial charge in [-0.05, 0) is 24.6 Å². The molecule has 0 saturated carbocycles. The second kappa shape index (κ2) is 6.28. The molecule has 2 heteroatoms. The van der Waals surface area contributed by atoms with Crippen LogP contribution >= 0.6 is 11.8 Å². The lowest BCUT2D eigenvalue weighted by molar-refractivity contribution is 0.977. The van der Waals surface area contributed by atoms with Crippen molar-refractivity contribution in [2.24, 2.45) is 0 Å². The highest BCUT2D eigenvalue weighted by Gasteiger charge is 2.12. The third kappa shape index (κ3) is 3.38. The minimum absolute atomic E-state index is 0.206. The van der Waals surface area contributed by atoms with E-state index in [2.05, 4.69) is 49.4 Å². The van der Waals surface area contributed by atoms with E-state index in [0.717, 1.165) is 0 Å². The average Bonchev–Trinajstić information content (AvgIpc) is 2.39. The summed E-state index contributed by atoms with van der Waals surface area (Å²) in [5.74, 6) is 0. The number of benzene rings is 2. The van der Waals surface area contributed by atoms with Crippen LogP contribution in [-0.4, -0.2) is 0 Å². The minimum Gasteiger partial charge on any atom is -0.198 e. The first-order chi connectivity index (χ1) is 8.79. The lowest BCUT2D eigenvalue weighted by Crippen LogP contribution is -1.92. The first-order valence-electron chi connectivity index (χ1n) is 5.95. The zero-order valence-corrected chi connectivity index (χ0v) is 11.2. The Labute approximate surface area is 112 Å². The fraction of sp³-hybridized carbons (Fsp3) is 0.188. The third-order valence-corrected chi connectivity index (χ3v) is 3.97. The van der Waals surface area contributed by atoms with Gasteiger partial charge in [0.05, 0.1) is 12.5 Å². The molecule has 0 aliphatic heterocycles. The maximum atomic E-state index is 8.97. The van der Waals surface area contributed by atoms with E-state index < -0.39 is 0 Å². The van der Waals surface area contributed by atoms with Crippen molar-refractivity contribution < 1.29 is 0 Å². The monoisotopic (exact) mass is 253 g/mol. The summed E-state index contributed by atoms with van der Waals surface area (Å²) in [5, 5.41) is 9.17. The second-order valence-corrected chi connectivity index (χ2v) is 5.47. The highest BCUT2D eigenvalue weighted by atomic mass is 32.2. The van der Waals surface area contributed by atoms with Gasteiger partial charge in [-0.25, -0.2) is 0 Å². The van der Waals surface area contributed by atoms with Gasteiger partial charge < -0.3 is 0 Å². The summed E-state index contributed by atoms with van der Waals surface area (Å²) in [5.41, 5.74) is 2.47. The smallest absolute Gasteiger partial charge is 0.0637 e. The molecule has 0 aliphatic carbocycles. The first-order valence-corrected chi connectivity index (χ1v) is 6.83. The van der Waals surface area contributed by atoms with E-state index in [0.29, 0.717) is 6.42 Å². The van der Waals surface area contributed by atoms with Crippen LogP contribution in [0.25, 0.3) is 0 Å². The zero-order chi connectivity index (χ0) is 12.8. The van der Waals surface area contributed by atoms with Crippen molar-refractivity contribution in [3.05, 3.63) is 65.7 Å². The highest BCUT2D eigenvalue weighted by Crippen LogP contribution is 2.37. The summed E-state index contributed by atoms with van der Waals surface area (Å²) in [7, 11) is 0. The van der Waals surface area contributed by atoms with Gasteiger partial charge in [0, 0.05) is 10.1 Å². The van der Waals surface area contributed by atoms with E-state index in [1.807, 2.05) is 18.2 Å². The van der Waals surface area contributed by atoms with Crippen LogP contribution in [0.5, 0.6) is 0 Å². The number of hydrogen-bond donors (Lipinski definition) is 0. The molecule has 18 heavy (non-hydrogen) atoms. The lowest BCUT2D eigenvalue weighted by atomic mass is 10.1. The predicted octanol–water partition coefficient (Wildman–Crippen LogP) is 4.74. The molecule has 0 fully saturated rings. The van der Waals surface area contributed by atoms with E-state index in [1.165, 1.54) is 16.0 Å². The minimum atomic E-state index is 0.206. The molecule has 0 aliphatic rings. The summed E-state index contributed by atoms with van der Waals surface area (Å²) >= 11 is 1.76. The molecule has 0 radical (unpaired) electrons. The third-order valence-electron chi connectivity index (χ3n) is 2.72. The maximum Gasteiger partial charge on any atom is 0.0637 e. The van der Waals surface area contributed by atoms with Crippen molar-refractivity contribution in [3.8, 4) is 6.07 Å². The first kappa shape index (κ1) is 12.7. The quantitative estimate of drug-likeness (QED) is 0.735. The summed E-state index contributed by atoms with van der Waals surface area (Å²) in [6.07, 6.45) is 0.530. The van der Waals surface area contributed by atoms with Crippen molar-refractivity contribution in [1.82, 2.24) is 0 Å². The summed E-state index contributed by atoms with van der Waals surface area (Å²) in [6, 6.07) is 20.9. The summed E-state index contributed by atoms with van der Waals surface area (Å²) in [4.78, 5) is 1.22. The normalized spacial score (nSPS) is 11.8. The van der Waals surface area contributed by atoms with Gasteiger partial charge in [0.2, 0.25) is 0 Å². The van der Waals surface area contributed by atoms with Gasteiger partial charge in [-0.1, -0.05) is 48.0 Å². The number of aryl methyl sites for hydroxylation is 1. The molecule has 1 atom stereocenters. The molecule has 2 aromatic carbocycles. The number of nitriles is 1. The van der Waals surface area contributed by atoms with E-state index >= 15 is 0 Å². The van der Waals surface area contributed by atoms with Gasteiger partial charge in [0.25, 0.3) is 0 Å². The number of rotatable bonds is 4. The van der Waals surface area contributed by atoms with Crippen LogP contribution in [0.3, 0.4) is 0 Å². The molecule has 0 amide bonds. The van der Waals surface area contributed by atoms with Crippen LogP contribution in [0.1, 0.15) is 22.8 Å². The standard InChI is InChI=1S/C16H15NS/c1-13-6-5-9-15(12-13)18-16(10-11-17)14-7-3-2-4-8-14/h2-9,12,16H,10H2,1H3. The molecule has 1 unspecified atom stereocenters. The van der Waals surface area contributed by atoms with Gasteiger partial charge in [0.15, 0.2) is 0 Å². The van der Waals surface area contributed by atoms with E-state index in [1.54, 1.807) is 11.8 Å². The van der Waals surface area contributed by atoms with E-state index in [-0.39, 0.29) is 5.25 Å². The lowest BCUT2D eigenvalue weighted by Gasteiger charge is -2.14. The molecule has 0 heterocycles. The van der Waals surface area contributed by atoms with Crippen molar-refractivity contribution >= 4 is 11.8 Å². The van der Waals surface area contributed by atoms with E-state index in [9.17, 15) is 0 Å². The number of thioether (sulfide) groups is 1. The largest absolute Gasteiger partial charge is 0.198 e. The molecular formula is C16H15NS. The number of nitrogens with zero attached hydrogens (tertiary/aromatic N) is 1. The number of hydrogen-bond acceptors (Lipinski definition) is 2. The van der Waals surface area contributed by atoms with Crippen LogP contribution in [-0.2, 0) is 0 Å². The van der Waals surface area contributed by atoms with Gasteiger partial charge >= 0.3 is 0 Å². The Hall–Kier alpha value is -1.72. The van der Waals surface area contributed by atoms with Crippen molar-refractivity contribution in [2.45, 2.75) is 23.5 Å². The molecule has 0 saturated heterocycles. The van der Waals surface area contributed by atoms with Gasteiger partial charge in [-0.2, -0.15) is 5.26 Å². The molecule has 0 aromatic heterocycles. The van der Waals surface area contributed by atoms with Crippen LogP contribution in [0.2, 0.25) is 0 Å². The van der Waals surface area contributed by atoms with Crippen molar-refractivity contribution in [2.75, 3.05) is 0 Å². The fourth-order valence-electron chi connectivity index (χ4n) is 1.83. The molecule has 0 spiro atoms. The fourth-order valence-corrected chi connectivity index (χ4v) is 3.02. The molecule has 0 N–H and O–H groups in total. The molecule has 90 valence electrons. The van der Waals surface area contributed by atoms with Crippen LogP contribution in [0, 0.1) is 18.3 Å². The van der Waals surface area contributed by atoms with Crippen LogP contribution in [0.15, 0.2) is 59.5 Å². The van der Waals surface area contributed by atoms with Gasteiger partial charge in [-0.15, -0.1) is 11.8 Å². The Morgan fingerprint density at radius 3 is 2.56 bits per heavy atom. The Bertz CT molecular complexity index is 543. The molecule has 1 nitrogen and oxygen atoms in total. The van der Waals surface area contributed by atoms with E-state index in [4.69, 9.17) is 5.26 Å². The van der Waals surface area contributed by atoms with Gasteiger partial charge in [-0.3, -0.25) is 0 Å². The maximum absolute atomic E-state index is 8.97. The van der Waals surface area contributed by atoms with Crippen molar-refractivity contribution in [3.63, 3.8) is 0 Å². The Kier molecular flexibility index (Phi) is 4.44. The van der Waals surface area contributed by atoms with Crippen LogP contribution in [0.4, 0.5) is 0 Å². The average molecular weight is 253 g/mol. The molecule has 2 aromatic rings. The SMILES string of the molecule is Cc1cccc(SC(CC#N)c2ccccc2)c1. The topological polar surface area (TPSA) is 23.8 Å². The predicted molar refractivity (Wildman–Crippen MR) is 76.4 cm³/mol. The molecular weight excluding hydrogens is 238 g/mol. The summed E-state index contributed by atoms with van der Waals surface area (Å²) in [6.45, 7) is 2.09. The molecule has 2 rings (SSSR count). The van der Waals surface area contributed by atoms with Gasteiger partial charge in [0.1, 0.15) is 0 Å².